The van der Waals surface area contributed by atoms with Gasteiger partial charge in [-0.2, -0.15) is 0 Å². The third kappa shape index (κ3) is 3.47. The summed E-state index contributed by atoms with van der Waals surface area (Å²) >= 11 is 0. The number of benzene rings is 2. The van der Waals surface area contributed by atoms with Crippen LogP contribution in [0.5, 0.6) is 5.75 Å². The number of nitrogens with one attached hydrogen (secondary N) is 1. The number of hydrogen-bond donors (Lipinski definition) is 2. The Balaban J connectivity index is 2.24. The highest BCUT2D eigenvalue weighted by Crippen LogP contribution is 2.26. The maximum Gasteiger partial charge on any atom is 0.248 e. The Morgan fingerprint density at radius 3 is 2.67 bits per heavy atom. The molecule has 6 heteroatoms. The topological polar surface area (TPSA) is 64.3 Å². The molecule has 0 aliphatic rings. The molecular weight excluding hydrogens is 278 g/mol. The van der Waals surface area contributed by atoms with Gasteiger partial charge in [0.25, 0.3) is 0 Å². The van der Waals surface area contributed by atoms with Crippen molar-refractivity contribution in [3.05, 3.63) is 59.2 Å². The number of hydrogen-bond acceptors (Lipinski definition) is 3. The highest BCUT2D eigenvalue weighted by molar-refractivity contribution is 5.94. The van der Waals surface area contributed by atoms with Crippen molar-refractivity contribution in [2.45, 2.75) is 6.54 Å². The zero-order valence-electron chi connectivity index (χ0n) is 11.3. The Bertz CT molecular complexity index is 675. The molecule has 2 rings (SSSR count). The number of primary amides is 1. The number of anilines is 1. The number of nitrogens with two attached hydrogens (primary N) is 1. The molecule has 0 unspecified atom stereocenters. The van der Waals surface area contributed by atoms with Crippen LogP contribution in [0.25, 0.3) is 0 Å². The van der Waals surface area contributed by atoms with Crippen LogP contribution in [0.3, 0.4) is 0 Å². The molecule has 2 aromatic carbocycles. The van der Waals surface area contributed by atoms with Crippen LogP contribution in [0.1, 0.15) is 15.9 Å². The molecule has 2 aromatic rings. The summed E-state index contributed by atoms with van der Waals surface area (Å²) in [6.07, 6.45) is 0. The van der Waals surface area contributed by atoms with Crippen LogP contribution in [0, 0.1) is 11.6 Å². The molecule has 1 amide bonds. The summed E-state index contributed by atoms with van der Waals surface area (Å²) < 4.78 is 31.8. The second-order valence-corrected chi connectivity index (χ2v) is 4.37. The van der Waals surface area contributed by atoms with Gasteiger partial charge in [0, 0.05) is 17.7 Å². The van der Waals surface area contributed by atoms with Gasteiger partial charge in [0.15, 0.2) is 0 Å². The fraction of sp³-hybridized carbons (Fsp3) is 0.133. The molecule has 0 aromatic heterocycles. The second-order valence-electron chi connectivity index (χ2n) is 4.37. The van der Waals surface area contributed by atoms with Gasteiger partial charge >= 0.3 is 0 Å². The van der Waals surface area contributed by atoms with Gasteiger partial charge < -0.3 is 15.8 Å². The van der Waals surface area contributed by atoms with E-state index in [0.29, 0.717) is 11.4 Å². The van der Waals surface area contributed by atoms with Crippen LogP contribution < -0.4 is 15.8 Å². The van der Waals surface area contributed by atoms with Crippen LogP contribution in [0.15, 0.2) is 36.4 Å². The quantitative estimate of drug-likeness (QED) is 0.890. The lowest BCUT2D eigenvalue weighted by atomic mass is 10.1. The molecule has 0 heterocycles. The van der Waals surface area contributed by atoms with Crippen LogP contribution in [-0.4, -0.2) is 13.0 Å². The first-order valence-corrected chi connectivity index (χ1v) is 6.17. The molecule has 0 atom stereocenters. The van der Waals surface area contributed by atoms with Crippen molar-refractivity contribution in [2.24, 2.45) is 5.73 Å². The van der Waals surface area contributed by atoms with E-state index in [1.165, 1.54) is 19.2 Å². The van der Waals surface area contributed by atoms with Crippen molar-refractivity contribution in [1.82, 2.24) is 0 Å². The summed E-state index contributed by atoms with van der Waals surface area (Å²) in [6.45, 7) is 0.0438. The molecular formula is C15H14F2N2O2. The average molecular weight is 292 g/mol. The van der Waals surface area contributed by atoms with Crippen LogP contribution in [0.2, 0.25) is 0 Å². The average Bonchev–Trinajstić information content (AvgIpc) is 2.47. The second kappa shape index (κ2) is 6.21. The highest BCUT2D eigenvalue weighted by Gasteiger charge is 2.09. The smallest absolute Gasteiger partial charge is 0.248 e. The van der Waals surface area contributed by atoms with Crippen molar-refractivity contribution in [2.75, 3.05) is 12.4 Å². The molecule has 0 saturated heterocycles. The zero-order chi connectivity index (χ0) is 15.4. The molecule has 3 N–H and O–H groups in total. The Kier molecular flexibility index (Phi) is 4.37. The molecule has 0 spiro atoms. The number of methoxy groups -OCH3 is 1. The van der Waals surface area contributed by atoms with Crippen LogP contribution in [-0.2, 0) is 6.54 Å². The molecule has 0 aliphatic carbocycles. The van der Waals surface area contributed by atoms with Gasteiger partial charge in [-0.3, -0.25) is 4.79 Å². The maximum atomic E-state index is 13.6. The molecule has 0 aliphatic heterocycles. The van der Waals surface area contributed by atoms with Gasteiger partial charge in [0.2, 0.25) is 5.91 Å². The first kappa shape index (κ1) is 14.8. The van der Waals surface area contributed by atoms with E-state index in [2.05, 4.69) is 5.32 Å². The number of halogens is 2. The molecule has 0 bridgehead atoms. The summed E-state index contributed by atoms with van der Waals surface area (Å²) in [7, 11) is 1.47. The Morgan fingerprint density at radius 1 is 1.24 bits per heavy atom. The first-order chi connectivity index (χ1) is 10.0. The van der Waals surface area contributed by atoms with Gasteiger partial charge in [-0.25, -0.2) is 8.78 Å². The SMILES string of the molecule is COc1ccc(C(N)=O)cc1NCc1cc(F)ccc1F. The van der Waals surface area contributed by atoms with Crippen molar-refractivity contribution < 1.29 is 18.3 Å². The van der Waals surface area contributed by atoms with Crippen molar-refractivity contribution in [1.29, 1.82) is 0 Å². The van der Waals surface area contributed by atoms with Crippen molar-refractivity contribution in [3.8, 4) is 5.75 Å². The Labute approximate surface area is 120 Å². The molecule has 0 fully saturated rings. The van der Waals surface area contributed by atoms with E-state index in [0.717, 1.165) is 18.2 Å². The van der Waals surface area contributed by atoms with Crippen LogP contribution >= 0.6 is 0 Å². The van der Waals surface area contributed by atoms with Gasteiger partial charge in [-0.05, 0) is 36.4 Å². The van der Waals surface area contributed by atoms with E-state index >= 15 is 0 Å². The highest BCUT2D eigenvalue weighted by atomic mass is 19.1. The lowest BCUT2D eigenvalue weighted by molar-refractivity contribution is 0.100. The largest absolute Gasteiger partial charge is 0.495 e. The zero-order valence-corrected chi connectivity index (χ0v) is 11.3. The molecule has 4 nitrogen and oxygen atoms in total. The van der Waals surface area contributed by atoms with Gasteiger partial charge in [-0.1, -0.05) is 0 Å². The van der Waals surface area contributed by atoms with Crippen molar-refractivity contribution in [3.63, 3.8) is 0 Å². The monoisotopic (exact) mass is 292 g/mol. The summed E-state index contributed by atoms with van der Waals surface area (Å²) in [5.41, 5.74) is 6.14. The Hall–Kier alpha value is -2.63. The molecule has 0 saturated carbocycles. The predicted molar refractivity (Wildman–Crippen MR) is 75.2 cm³/mol. The Morgan fingerprint density at radius 2 is 2.00 bits per heavy atom. The van der Waals surface area contributed by atoms with Gasteiger partial charge in [-0.15, -0.1) is 0 Å². The van der Waals surface area contributed by atoms with Gasteiger partial charge in [0.05, 0.1) is 12.8 Å². The summed E-state index contributed by atoms with van der Waals surface area (Å²) in [5.74, 6) is -1.16. The molecule has 0 radical (unpaired) electrons. The molecule has 110 valence electrons. The van der Waals surface area contributed by atoms with E-state index in [9.17, 15) is 13.6 Å². The lowest BCUT2D eigenvalue weighted by Gasteiger charge is -2.12. The lowest BCUT2D eigenvalue weighted by Crippen LogP contribution is -2.12. The van der Waals surface area contributed by atoms with Crippen LogP contribution in [0.4, 0.5) is 14.5 Å². The number of amides is 1. The number of carbonyl (C=O) groups is 1. The minimum absolute atomic E-state index is 0.0438. The minimum atomic E-state index is -0.586. The van der Waals surface area contributed by atoms with E-state index in [1.54, 1.807) is 6.07 Å². The van der Waals surface area contributed by atoms with Gasteiger partial charge in [0.1, 0.15) is 17.4 Å². The van der Waals surface area contributed by atoms with E-state index in [4.69, 9.17) is 10.5 Å². The standard InChI is InChI=1S/C15H14F2N2O2/c1-21-14-5-2-9(15(18)20)7-13(14)19-8-10-6-11(16)3-4-12(10)17/h2-7,19H,8H2,1H3,(H2,18,20). The predicted octanol–water partition coefficient (Wildman–Crippen LogP) is 2.68. The third-order valence-electron chi connectivity index (χ3n) is 2.96. The third-order valence-corrected chi connectivity index (χ3v) is 2.96. The molecule has 21 heavy (non-hydrogen) atoms. The van der Waals surface area contributed by atoms with Crippen molar-refractivity contribution >= 4 is 11.6 Å². The maximum absolute atomic E-state index is 13.6. The summed E-state index contributed by atoms with van der Waals surface area (Å²) in [4.78, 5) is 11.2. The minimum Gasteiger partial charge on any atom is -0.495 e. The fourth-order valence-corrected chi connectivity index (χ4v) is 1.87. The number of ether oxygens (including phenoxy) is 1. The normalized spacial score (nSPS) is 10.2. The fourth-order valence-electron chi connectivity index (χ4n) is 1.87. The number of rotatable bonds is 5. The summed E-state index contributed by atoms with van der Waals surface area (Å²) in [6, 6.07) is 7.81. The first-order valence-electron chi connectivity index (χ1n) is 6.17. The van der Waals surface area contributed by atoms with E-state index < -0.39 is 17.5 Å². The summed E-state index contributed by atoms with van der Waals surface area (Å²) in [5, 5.41) is 2.90. The van der Waals surface area contributed by atoms with E-state index in [-0.39, 0.29) is 17.7 Å². The number of carbonyl (C=O) groups excluding carboxylic acids is 1. The van der Waals surface area contributed by atoms with E-state index in [1.807, 2.05) is 0 Å².